The van der Waals surface area contributed by atoms with Crippen LogP contribution < -0.4 is 0 Å². The maximum Gasteiger partial charge on any atom is 0.125 e. The monoisotopic (exact) mass is 411 g/mol. The quantitative estimate of drug-likeness (QED) is 0.492. The summed E-state index contributed by atoms with van der Waals surface area (Å²) in [7, 11) is 0. The molecule has 0 amide bonds. The Bertz CT molecular complexity index is 753. The van der Waals surface area contributed by atoms with Gasteiger partial charge in [0.15, 0.2) is 0 Å². The molecule has 3 aromatic rings. The van der Waals surface area contributed by atoms with E-state index in [1.807, 2.05) is 29.6 Å². The summed E-state index contributed by atoms with van der Waals surface area (Å²) >= 11 is 8.35. The number of thiazole rings is 1. The highest BCUT2D eigenvalue weighted by atomic mass is 79.9. The molecule has 0 aliphatic rings. The van der Waals surface area contributed by atoms with Crippen LogP contribution in [0.1, 0.15) is 0 Å². The Morgan fingerprint density at radius 1 is 1.00 bits per heavy atom. The molecule has 0 radical (unpaired) electrons. The molecule has 0 aliphatic heterocycles. The summed E-state index contributed by atoms with van der Waals surface area (Å²) in [4.78, 5) is 4.59. The van der Waals surface area contributed by atoms with Gasteiger partial charge in [0, 0.05) is 25.5 Å². The number of hydrogen-bond acceptors (Lipinski definition) is 2. The van der Waals surface area contributed by atoms with E-state index >= 15 is 0 Å². The Morgan fingerprint density at radius 2 is 1.75 bits per heavy atom. The highest BCUT2D eigenvalue weighted by Crippen LogP contribution is 2.34. The second-order valence-electron chi connectivity index (χ2n) is 4.17. The van der Waals surface area contributed by atoms with Crippen molar-refractivity contribution in [3.8, 4) is 21.8 Å². The molecular weight excluding hydrogens is 405 g/mol. The number of benzene rings is 2. The van der Waals surface area contributed by atoms with Gasteiger partial charge in [-0.2, -0.15) is 0 Å². The highest BCUT2D eigenvalue weighted by Gasteiger charge is 2.10. The molecule has 1 heterocycles. The first kappa shape index (κ1) is 13.9. The van der Waals surface area contributed by atoms with E-state index in [9.17, 15) is 4.39 Å². The van der Waals surface area contributed by atoms with Gasteiger partial charge in [-0.1, -0.05) is 44.0 Å². The topological polar surface area (TPSA) is 12.9 Å². The molecule has 1 nitrogen and oxygen atoms in total. The minimum Gasteiger partial charge on any atom is -0.236 e. The largest absolute Gasteiger partial charge is 0.236 e. The standard InChI is InChI=1S/C15H8Br2FNS/c16-10-3-1-9(2-4-10)14-8-20-15(19-14)12-7-11(18)5-6-13(12)17/h1-8H. The Kier molecular flexibility index (Phi) is 4.01. The van der Waals surface area contributed by atoms with Crippen LogP contribution in [-0.4, -0.2) is 4.98 Å². The maximum absolute atomic E-state index is 13.4. The van der Waals surface area contributed by atoms with E-state index < -0.39 is 0 Å². The van der Waals surface area contributed by atoms with E-state index in [0.717, 1.165) is 30.8 Å². The van der Waals surface area contributed by atoms with Crippen LogP contribution in [0.3, 0.4) is 0 Å². The van der Waals surface area contributed by atoms with Crippen molar-refractivity contribution in [2.75, 3.05) is 0 Å². The number of halogens is 3. The van der Waals surface area contributed by atoms with E-state index in [1.54, 1.807) is 6.07 Å². The maximum atomic E-state index is 13.4. The summed E-state index contributed by atoms with van der Waals surface area (Å²) in [6.07, 6.45) is 0. The molecule has 0 N–H and O–H groups in total. The van der Waals surface area contributed by atoms with Crippen LogP contribution in [0.5, 0.6) is 0 Å². The molecule has 1 aromatic heterocycles. The van der Waals surface area contributed by atoms with Gasteiger partial charge in [-0.15, -0.1) is 11.3 Å². The third kappa shape index (κ3) is 2.85. The van der Waals surface area contributed by atoms with Gasteiger partial charge in [0.1, 0.15) is 10.8 Å². The summed E-state index contributed by atoms with van der Waals surface area (Å²) in [6, 6.07) is 12.6. The van der Waals surface area contributed by atoms with Gasteiger partial charge in [-0.3, -0.25) is 0 Å². The molecule has 5 heteroatoms. The predicted octanol–water partition coefficient (Wildman–Crippen LogP) is 6.14. The Morgan fingerprint density at radius 3 is 2.50 bits per heavy atom. The van der Waals surface area contributed by atoms with Crippen LogP contribution in [0.4, 0.5) is 4.39 Å². The molecule has 20 heavy (non-hydrogen) atoms. The van der Waals surface area contributed by atoms with Crippen LogP contribution in [0.25, 0.3) is 21.8 Å². The van der Waals surface area contributed by atoms with Crippen molar-refractivity contribution in [3.05, 3.63) is 62.6 Å². The van der Waals surface area contributed by atoms with Crippen molar-refractivity contribution < 1.29 is 4.39 Å². The molecule has 0 bridgehead atoms. The lowest BCUT2D eigenvalue weighted by molar-refractivity contribution is 0.628. The van der Waals surface area contributed by atoms with Gasteiger partial charge in [-0.25, -0.2) is 9.37 Å². The molecular formula is C15H8Br2FNS. The first-order chi connectivity index (χ1) is 9.63. The lowest BCUT2D eigenvalue weighted by Crippen LogP contribution is -1.83. The average molecular weight is 413 g/mol. The summed E-state index contributed by atoms with van der Waals surface area (Å²) in [5, 5.41) is 2.78. The van der Waals surface area contributed by atoms with Crippen LogP contribution >= 0.6 is 43.2 Å². The van der Waals surface area contributed by atoms with Crippen LogP contribution in [0.2, 0.25) is 0 Å². The summed E-state index contributed by atoms with van der Waals surface area (Å²) < 4.78 is 15.2. The number of rotatable bonds is 2. The number of aromatic nitrogens is 1. The van der Waals surface area contributed by atoms with Crippen molar-refractivity contribution in [1.29, 1.82) is 0 Å². The molecule has 0 aliphatic carbocycles. The summed E-state index contributed by atoms with van der Waals surface area (Å²) in [5.74, 6) is -0.261. The molecule has 2 aromatic carbocycles. The minimum atomic E-state index is -0.261. The lowest BCUT2D eigenvalue weighted by atomic mass is 10.2. The van der Waals surface area contributed by atoms with E-state index in [1.165, 1.54) is 23.5 Å². The van der Waals surface area contributed by atoms with Gasteiger partial charge < -0.3 is 0 Å². The van der Waals surface area contributed by atoms with E-state index in [-0.39, 0.29) is 5.82 Å². The number of nitrogens with zero attached hydrogens (tertiary/aromatic N) is 1. The van der Waals surface area contributed by atoms with Crippen LogP contribution in [0, 0.1) is 5.82 Å². The first-order valence-electron chi connectivity index (χ1n) is 5.80. The Balaban J connectivity index is 2.01. The van der Waals surface area contributed by atoms with Crippen molar-refractivity contribution in [1.82, 2.24) is 4.98 Å². The zero-order chi connectivity index (χ0) is 14.1. The van der Waals surface area contributed by atoms with Crippen LogP contribution in [-0.2, 0) is 0 Å². The third-order valence-corrected chi connectivity index (χ3v) is 4.90. The smallest absolute Gasteiger partial charge is 0.125 e. The fraction of sp³-hybridized carbons (Fsp3) is 0. The second kappa shape index (κ2) is 5.76. The molecule has 0 saturated heterocycles. The van der Waals surface area contributed by atoms with Crippen molar-refractivity contribution in [2.24, 2.45) is 0 Å². The van der Waals surface area contributed by atoms with Gasteiger partial charge in [-0.05, 0) is 30.3 Å². The molecule has 0 spiro atoms. The normalized spacial score (nSPS) is 10.8. The highest BCUT2D eigenvalue weighted by molar-refractivity contribution is 9.10. The molecule has 0 atom stereocenters. The summed E-state index contributed by atoms with van der Waals surface area (Å²) in [6.45, 7) is 0. The average Bonchev–Trinajstić information content (AvgIpc) is 2.92. The van der Waals surface area contributed by atoms with Crippen molar-refractivity contribution in [2.45, 2.75) is 0 Å². The fourth-order valence-corrected chi connectivity index (χ4v) is 3.50. The van der Waals surface area contributed by atoms with Gasteiger partial charge in [0.25, 0.3) is 0 Å². The number of hydrogen-bond donors (Lipinski definition) is 0. The van der Waals surface area contributed by atoms with Crippen LogP contribution in [0.15, 0.2) is 56.8 Å². The van der Waals surface area contributed by atoms with Crippen molar-refractivity contribution in [3.63, 3.8) is 0 Å². The van der Waals surface area contributed by atoms with E-state index in [2.05, 4.69) is 36.8 Å². The zero-order valence-electron chi connectivity index (χ0n) is 10.1. The van der Waals surface area contributed by atoms with Gasteiger partial charge in [0.05, 0.1) is 5.69 Å². The fourth-order valence-electron chi connectivity index (χ4n) is 1.81. The molecule has 0 saturated carbocycles. The minimum absolute atomic E-state index is 0.261. The molecule has 0 unspecified atom stereocenters. The molecule has 100 valence electrons. The second-order valence-corrected chi connectivity index (χ2v) is 6.80. The van der Waals surface area contributed by atoms with E-state index in [4.69, 9.17) is 0 Å². The van der Waals surface area contributed by atoms with Gasteiger partial charge in [0.2, 0.25) is 0 Å². The van der Waals surface area contributed by atoms with Crippen molar-refractivity contribution >= 4 is 43.2 Å². The SMILES string of the molecule is Fc1ccc(Br)c(-c2nc(-c3ccc(Br)cc3)cs2)c1. The Labute approximate surface area is 136 Å². The molecule has 0 fully saturated rings. The Hall–Kier alpha value is -1.04. The third-order valence-electron chi connectivity index (χ3n) is 2.80. The zero-order valence-corrected chi connectivity index (χ0v) is 14.1. The predicted molar refractivity (Wildman–Crippen MR) is 88.3 cm³/mol. The lowest BCUT2D eigenvalue weighted by Gasteiger charge is -2.00. The van der Waals surface area contributed by atoms with E-state index in [0.29, 0.717) is 0 Å². The molecule has 3 rings (SSSR count). The van der Waals surface area contributed by atoms with Gasteiger partial charge >= 0.3 is 0 Å². The summed E-state index contributed by atoms with van der Waals surface area (Å²) in [5.41, 5.74) is 2.72. The first-order valence-corrected chi connectivity index (χ1v) is 8.27.